The summed E-state index contributed by atoms with van der Waals surface area (Å²) < 4.78 is 7.31. The van der Waals surface area contributed by atoms with E-state index in [0.29, 0.717) is 0 Å². The van der Waals surface area contributed by atoms with Gasteiger partial charge in [-0.25, -0.2) is 9.97 Å². The Morgan fingerprint density at radius 3 is 2.80 bits per heavy atom. The molecule has 0 amide bonds. The van der Waals surface area contributed by atoms with Gasteiger partial charge in [0.25, 0.3) is 0 Å². The van der Waals surface area contributed by atoms with Gasteiger partial charge in [0.2, 0.25) is 0 Å². The second-order valence-corrected chi connectivity index (χ2v) is 4.96. The lowest BCUT2D eigenvalue weighted by molar-refractivity contribution is 0.500. The zero-order chi connectivity index (χ0) is 14.3. The molecule has 0 bridgehead atoms. The number of hydrogen-bond acceptors (Lipinski definition) is 5. The van der Waals surface area contributed by atoms with E-state index in [9.17, 15) is 0 Å². The standard InChI is InChI=1S/C14H17N5O/c1-8-5-11(10(3)20-8)9(2)18-13-12-6-17-19(4)14(12)16-7-15-13/h5-7,9H,1-4H3,(H,15,16,18). The van der Waals surface area contributed by atoms with Crippen molar-refractivity contribution in [1.82, 2.24) is 19.7 Å². The summed E-state index contributed by atoms with van der Waals surface area (Å²) in [7, 11) is 1.87. The van der Waals surface area contributed by atoms with E-state index in [1.54, 1.807) is 17.2 Å². The fourth-order valence-electron chi connectivity index (χ4n) is 2.44. The molecule has 0 spiro atoms. The van der Waals surface area contributed by atoms with Crippen molar-refractivity contribution in [2.45, 2.75) is 26.8 Å². The number of aryl methyl sites for hydroxylation is 3. The molecule has 0 saturated carbocycles. The topological polar surface area (TPSA) is 68.8 Å². The minimum Gasteiger partial charge on any atom is -0.466 e. The molecule has 0 aromatic carbocycles. The van der Waals surface area contributed by atoms with Crippen LogP contribution in [0.3, 0.4) is 0 Å². The molecule has 1 atom stereocenters. The maximum absolute atomic E-state index is 5.58. The molecule has 6 heteroatoms. The molecule has 1 unspecified atom stereocenters. The molecule has 0 aliphatic rings. The van der Waals surface area contributed by atoms with Gasteiger partial charge in [0, 0.05) is 12.6 Å². The van der Waals surface area contributed by atoms with E-state index in [1.165, 1.54) is 0 Å². The Balaban J connectivity index is 1.95. The van der Waals surface area contributed by atoms with Crippen LogP contribution in [0.15, 0.2) is 23.0 Å². The lowest BCUT2D eigenvalue weighted by Gasteiger charge is -2.14. The summed E-state index contributed by atoms with van der Waals surface area (Å²) in [4.78, 5) is 8.55. The highest BCUT2D eigenvalue weighted by atomic mass is 16.3. The molecule has 0 radical (unpaired) electrons. The summed E-state index contributed by atoms with van der Waals surface area (Å²) in [5, 5.41) is 8.53. The van der Waals surface area contributed by atoms with Crippen molar-refractivity contribution in [3.63, 3.8) is 0 Å². The van der Waals surface area contributed by atoms with E-state index in [4.69, 9.17) is 4.42 Å². The van der Waals surface area contributed by atoms with Crippen LogP contribution in [-0.4, -0.2) is 19.7 Å². The lowest BCUT2D eigenvalue weighted by Crippen LogP contribution is -2.08. The zero-order valence-corrected chi connectivity index (χ0v) is 12.0. The molecule has 0 aliphatic heterocycles. The summed E-state index contributed by atoms with van der Waals surface area (Å²) >= 11 is 0. The molecule has 0 aliphatic carbocycles. The Labute approximate surface area is 116 Å². The number of fused-ring (bicyclic) bond motifs is 1. The van der Waals surface area contributed by atoms with Crippen molar-refractivity contribution in [2.24, 2.45) is 7.05 Å². The number of nitrogens with zero attached hydrogens (tertiary/aromatic N) is 4. The summed E-state index contributed by atoms with van der Waals surface area (Å²) in [5.74, 6) is 2.63. The maximum Gasteiger partial charge on any atom is 0.163 e. The van der Waals surface area contributed by atoms with Crippen LogP contribution in [0, 0.1) is 13.8 Å². The van der Waals surface area contributed by atoms with E-state index in [0.717, 1.165) is 33.9 Å². The summed E-state index contributed by atoms with van der Waals surface area (Å²) in [6, 6.07) is 2.15. The van der Waals surface area contributed by atoms with Crippen molar-refractivity contribution in [1.29, 1.82) is 0 Å². The van der Waals surface area contributed by atoms with E-state index >= 15 is 0 Å². The average Bonchev–Trinajstić information content (AvgIpc) is 2.94. The molecule has 0 fully saturated rings. The van der Waals surface area contributed by atoms with Crippen LogP contribution in [0.5, 0.6) is 0 Å². The van der Waals surface area contributed by atoms with Gasteiger partial charge in [-0.3, -0.25) is 4.68 Å². The van der Waals surface area contributed by atoms with Gasteiger partial charge in [-0.1, -0.05) is 0 Å². The Morgan fingerprint density at radius 1 is 1.30 bits per heavy atom. The first-order valence-corrected chi connectivity index (χ1v) is 6.52. The largest absolute Gasteiger partial charge is 0.466 e. The third kappa shape index (κ3) is 2.03. The lowest BCUT2D eigenvalue weighted by atomic mass is 10.1. The van der Waals surface area contributed by atoms with Gasteiger partial charge in [-0.15, -0.1) is 0 Å². The van der Waals surface area contributed by atoms with E-state index in [1.807, 2.05) is 20.9 Å². The molecule has 3 rings (SSSR count). The average molecular weight is 271 g/mol. The number of rotatable bonds is 3. The SMILES string of the molecule is Cc1cc(C(C)Nc2ncnc3c2cnn3C)c(C)o1. The molecule has 3 aromatic rings. The second-order valence-electron chi connectivity index (χ2n) is 4.96. The van der Waals surface area contributed by atoms with Crippen LogP contribution in [0.4, 0.5) is 5.82 Å². The predicted molar refractivity (Wildman–Crippen MR) is 76.5 cm³/mol. The van der Waals surface area contributed by atoms with Crippen molar-refractivity contribution < 1.29 is 4.42 Å². The van der Waals surface area contributed by atoms with Gasteiger partial charge in [0.05, 0.1) is 17.6 Å². The molecule has 1 N–H and O–H groups in total. The minimum atomic E-state index is 0.103. The monoisotopic (exact) mass is 271 g/mol. The first kappa shape index (κ1) is 12.7. The second kappa shape index (κ2) is 4.63. The molecule has 20 heavy (non-hydrogen) atoms. The number of anilines is 1. The number of aromatic nitrogens is 4. The first-order chi connectivity index (χ1) is 9.56. The summed E-state index contributed by atoms with van der Waals surface area (Å²) in [5.41, 5.74) is 1.95. The quantitative estimate of drug-likeness (QED) is 0.793. The fraction of sp³-hybridized carbons (Fsp3) is 0.357. The third-order valence-corrected chi connectivity index (χ3v) is 3.43. The molecule has 0 saturated heterocycles. The molecular weight excluding hydrogens is 254 g/mol. The highest BCUT2D eigenvalue weighted by molar-refractivity contribution is 5.86. The van der Waals surface area contributed by atoms with Gasteiger partial charge in [0.15, 0.2) is 5.65 Å². The van der Waals surface area contributed by atoms with Crippen molar-refractivity contribution >= 4 is 16.9 Å². The van der Waals surface area contributed by atoms with Gasteiger partial charge < -0.3 is 9.73 Å². The molecule has 104 valence electrons. The highest BCUT2D eigenvalue weighted by Crippen LogP contribution is 2.26. The van der Waals surface area contributed by atoms with Crippen LogP contribution < -0.4 is 5.32 Å². The van der Waals surface area contributed by atoms with Gasteiger partial charge in [0.1, 0.15) is 23.7 Å². The maximum atomic E-state index is 5.58. The number of nitrogens with one attached hydrogen (secondary N) is 1. The zero-order valence-electron chi connectivity index (χ0n) is 12.0. The first-order valence-electron chi connectivity index (χ1n) is 6.52. The van der Waals surface area contributed by atoms with Crippen molar-refractivity contribution in [2.75, 3.05) is 5.32 Å². The molecule has 3 heterocycles. The Hall–Kier alpha value is -2.37. The summed E-state index contributed by atoms with van der Waals surface area (Å²) in [6.07, 6.45) is 3.32. The van der Waals surface area contributed by atoms with E-state index in [2.05, 4.69) is 33.4 Å². The molecule has 3 aromatic heterocycles. The van der Waals surface area contributed by atoms with Gasteiger partial charge in [-0.05, 0) is 26.8 Å². The third-order valence-electron chi connectivity index (χ3n) is 3.43. The summed E-state index contributed by atoms with van der Waals surface area (Å²) in [6.45, 7) is 6.01. The van der Waals surface area contributed by atoms with Crippen LogP contribution >= 0.6 is 0 Å². The van der Waals surface area contributed by atoms with Crippen molar-refractivity contribution in [3.8, 4) is 0 Å². The van der Waals surface area contributed by atoms with Crippen LogP contribution in [0.2, 0.25) is 0 Å². The number of furan rings is 1. The Bertz CT molecular complexity index is 758. The highest BCUT2D eigenvalue weighted by Gasteiger charge is 2.15. The Morgan fingerprint density at radius 2 is 2.10 bits per heavy atom. The molecular formula is C14H17N5O. The van der Waals surface area contributed by atoms with Crippen molar-refractivity contribution in [3.05, 3.63) is 35.7 Å². The Kier molecular flexibility index (Phi) is 2.93. The van der Waals surface area contributed by atoms with Crippen LogP contribution in [-0.2, 0) is 7.05 Å². The predicted octanol–water partition coefficient (Wildman–Crippen LogP) is 2.75. The normalized spacial score (nSPS) is 12.8. The fourth-order valence-corrected chi connectivity index (χ4v) is 2.44. The van der Waals surface area contributed by atoms with Gasteiger partial charge >= 0.3 is 0 Å². The van der Waals surface area contributed by atoms with Gasteiger partial charge in [-0.2, -0.15) is 5.10 Å². The smallest absolute Gasteiger partial charge is 0.163 e. The molecule has 6 nitrogen and oxygen atoms in total. The number of hydrogen-bond donors (Lipinski definition) is 1. The van der Waals surface area contributed by atoms with E-state index < -0.39 is 0 Å². The van der Waals surface area contributed by atoms with E-state index in [-0.39, 0.29) is 6.04 Å². The van der Waals surface area contributed by atoms with Crippen LogP contribution in [0.1, 0.15) is 30.0 Å². The van der Waals surface area contributed by atoms with Crippen LogP contribution in [0.25, 0.3) is 11.0 Å². The minimum absolute atomic E-state index is 0.103.